The van der Waals surface area contributed by atoms with E-state index in [9.17, 15) is 18.7 Å². The Morgan fingerprint density at radius 2 is 1.97 bits per heavy atom. The van der Waals surface area contributed by atoms with Crippen LogP contribution in [0.5, 0.6) is 11.5 Å². The third kappa shape index (κ3) is 4.90. The lowest BCUT2D eigenvalue weighted by Gasteiger charge is -2.18. The zero-order chi connectivity index (χ0) is 24.2. The van der Waals surface area contributed by atoms with Crippen molar-refractivity contribution in [3.63, 3.8) is 0 Å². The topological polar surface area (TPSA) is 111 Å². The molecule has 4 rings (SSSR count). The molecule has 8 nitrogen and oxygen atoms in total. The van der Waals surface area contributed by atoms with Gasteiger partial charge in [-0.25, -0.2) is 9.18 Å². The van der Waals surface area contributed by atoms with Crippen molar-refractivity contribution < 1.29 is 28.2 Å². The number of halogens is 2. The van der Waals surface area contributed by atoms with Crippen molar-refractivity contribution in [1.82, 2.24) is 14.9 Å². The van der Waals surface area contributed by atoms with Gasteiger partial charge in [-0.3, -0.25) is 9.97 Å². The smallest absolute Gasteiger partial charge is 0.407 e. The monoisotopic (exact) mass is 486 g/mol. The van der Waals surface area contributed by atoms with Gasteiger partial charge in [0.05, 0.1) is 39.6 Å². The Hall–Kier alpha value is -3.83. The van der Waals surface area contributed by atoms with Crippen molar-refractivity contribution in [3.05, 3.63) is 66.0 Å². The average molecular weight is 487 g/mol. The molecule has 0 aliphatic heterocycles. The number of benzene rings is 1. The van der Waals surface area contributed by atoms with E-state index in [4.69, 9.17) is 15.2 Å². The number of amides is 1. The van der Waals surface area contributed by atoms with Crippen molar-refractivity contribution in [2.45, 2.75) is 6.54 Å². The van der Waals surface area contributed by atoms with Gasteiger partial charge in [-0.1, -0.05) is 6.07 Å². The molecule has 0 spiro atoms. The first kappa shape index (κ1) is 23.3. The summed E-state index contributed by atoms with van der Waals surface area (Å²) in [6.45, 7) is 0.725. The number of pyridine rings is 2. The van der Waals surface area contributed by atoms with E-state index in [1.54, 1.807) is 24.4 Å². The van der Waals surface area contributed by atoms with Gasteiger partial charge < -0.3 is 25.2 Å². The van der Waals surface area contributed by atoms with Gasteiger partial charge in [0.25, 0.3) is 0 Å². The van der Waals surface area contributed by atoms with Crippen LogP contribution in [0.1, 0.15) is 5.56 Å². The molecule has 0 unspecified atom stereocenters. The van der Waals surface area contributed by atoms with Crippen LogP contribution in [0, 0.1) is 11.6 Å². The number of thiophene rings is 1. The Morgan fingerprint density at radius 1 is 1.15 bits per heavy atom. The Labute approximate surface area is 197 Å². The predicted molar refractivity (Wildman–Crippen MR) is 124 cm³/mol. The molecule has 0 aliphatic rings. The van der Waals surface area contributed by atoms with Crippen LogP contribution in [-0.4, -0.2) is 46.3 Å². The number of methoxy groups -OCH3 is 1. The summed E-state index contributed by atoms with van der Waals surface area (Å²) in [5.74, 6) is -2.30. The molecule has 0 saturated carbocycles. The maximum Gasteiger partial charge on any atom is 0.407 e. The first-order valence-corrected chi connectivity index (χ1v) is 10.9. The number of aromatic nitrogens is 2. The molecule has 0 bridgehead atoms. The molecule has 1 amide bonds. The Morgan fingerprint density at radius 3 is 2.68 bits per heavy atom. The minimum absolute atomic E-state index is 0.182. The van der Waals surface area contributed by atoms with Crippen LogP contribution in [-0.2, 0) is 11.3 Å². The largest absolute Gasteiger partial charge is 0.465 e. The molecule has 11 heteroatoms. The molecule has 0 saturated heterocycles. The second kappa shape index (κ2) is 9.98. The number of ether oxygens (including phenoxy) is 2. The minimum atomic E-state index is -1.17. The van der Waals surface area contributed by atoms with E-state index in [1.165, 1.54) is 41.7 Å². The van der Waals surface area contributed by atoms with E-state index in [-0.39, 0.29) is 24.5 Å². The van der Waals surface area contributed by atoms with Crippen LogP contribution in [0.15, 0.2) is 48.8 Å². The van der Waals surface area contributed by atoms with Crippen molar-refractivity contribution in [2.24, 2.45) is 0 Å². The summed E-state index contributed by atoms with van der Waals surface area (Å²) in [6.07, 6.45) is 2.08. The highest BCUT2D eigenvalue weighted by Gasteiger charge is 2.17. The van der Waals surface area contributed by atoms with E-state index in [1.807, 2.05) is 6.07 Å². The summed E-state index contributed by atoms with van der Waals surface area (Å²) in [5, 5.41) is 9.33. The molecule has 3 heterocycles. The lowest BCUT2D eigenvalue weighted by molar-refractivity contribution is 0.115. The number of hydrogen-bond donors (Lipinski definition) is 2. The molecule has 3 N–H and O–H groups in total. The van der Waals surface area contributed by atoms with Gasteiger partial charge in [-0.05, 0) is 29.8 Å². The van der Waals surface area contributed by atoms with Crippen molar-refractivity contribution >= 4 is 33.3 Å². The van der Waals surface area contributed by atoms with E-state index < -0.39 is 17.7 Å². The fourth-order valence-corrected chi connectivity index (χ4v) is 4.24. The second-order valence-corrected chi connectivity index (χ2v) is 8.32. The number of carbonyl (C=O) groups is 1. The highest BCUT2D eigenvalue weighted by Crippen LogP contribution is 2.39. The quantitative estimate of drug-likeness (QED) is 0.332. The van der Waals surface area contributed by atoms with Crippen molar-refractivity contribution in [1.29, 1.82) is 0 Å². The third-order valence-electron chi connectivity index (χ3n) is 4.96. The number of hydrogen-bond acceptors (Lipinski definition) is 7. The summed E-state index contributed by atoms with van der Waals surface area (Å²) < 4.78 is 39.2. The fraction of sp³-hybridized carbons (Fsp3) is 0.174. The Balaban J connectivity index is 1.58. The summed E-state index contributed by atoms with van der Waals surface area (Å²) in [4.78, 5) is 22.2. The lowest BCUT2D eigenvalue weighted by atomic mass is 10.2. The van der Waals surface area contributed by atoms with Gasteiger partial charge in [-0.15, -0.1) is 11.3 Å². The van der Waals surface area contributed by atoms with Gasteiger partial charge in [-0.2, -0.15) is 4.39 Å². The Bertz CT molecular complexity index is 1330. The third-order valence-corrected chi connectivity index (χ3v) is 6.12. The molecule has 176 valence electrons. The maximum atomic E-state index is 14.2. The van der Waals surface area contributed by atoms with Gasteiger partial charge in [0.1, 0.15) is 5.75 Å². The predicted octanol–water partition coefficient (Wildman–Crippen LogP) is 5.14. The SMILES string of the molecule is COCCN(Cc1ccc(-c2cc3nccc(Oc4ccc(N)c(F)c4F)c3s2)nc1)C(=O)O. The molecule has 4 aromatic rings. The standard InChI is InChI=1S/C23H20F2N4O4S/c1-32-9-8-29(23(30)31)12-13-2-4-15(28-11-13)19-10-16-22(34-19)18(6-7-27-16)33-17-5-3-14(26)20(24)21(17)25/h2-7,10-11H,8-9,12,26H2,1H3,(H,30,31). The zero-order valence-corrected chi connectivity index (χ0v) is 18.8. The number of carboxylic acid groups (broad SMARTS) is 1. The zero-order valence-electron chi connectivity index (χ0n) is 18.0. The lowest BCUT2D eigenvalue weighted by Crippen LogP contribution is -2.32. The number of nitrogen functional groups attached to an aromatic ring is 1. The molecule has 0 fully saturated rings. The summed E-state index contributed by atoms with van der Waals surface area (Å²) in [6, 6.07) is 9.46. The van der Waals surface area contributed by atoms with E-state index in [2.05, 4.69) is 9.97 Å². The second-order valence-electron chi connectivity index (χ2n) is 7.27. The molecule has 1 aromatic carbocycles. The molecule has 0 radical (unpaired) electrons. The van der Waals surface area contributed by atoms with E-state index >= 15 is 0 Å². The fourth-order valence-electron chi connectivity index (χ4n) is 3.19. The molecular formula is C23H20F2N4O4S. The minimum Gasteiger partial charge on any atom is -0.465 e. The summed E-state index contributed by atoms with van der Waals surface area (Å²) in [7, 11) is 1.51. The maximum absolute atomic E-state index is 14.2. The number of anilines is 1. The first-order chi connectivity index (χ1) is 16.4. The highest BCUT2D eigenvalue weighted by molar-refractivity contribution is 7.22. The number of nitrogens with zero attached hydrogens (tertiary/aromatic N) is 3. The number of nitrogens with two attached hydrogens (primary N) is 1. The normalized spacial score (nSPS) is 11.0. The van der Waals surface area contributed by atoms with Gasteiger partial charge in [0.2, 0.25) is 5.82 Å². The molecule has 34 heavy (non-hydrogen) atoms. The van der Waals surface area contributed by atoms with Crippen LogP contribution in [0.2, 0.25) is 0 Å². The van der Waals surface area contributed by atoms with E-state index in [0.717, 1.165) is 10.4 Å². The molecule has 3 aromatic heterocycles. The molecule has 0 aliphatic carbocycles. The van der Waals surface area contributed by atoms with Gasteiger partial charge in [0, 0.05) is 32.1 Å². The average Bonchev–Trinajstić information content (AvgIpc) is 3.27. The van der Waals surface area contributed by atoms with Crippen molar-refractivity contribution in [2.75, 3.05) is 26.0 Å². The van der Waals surface area contributed by atoms with E-state index in [0.29, 0.717) is 28.3 Å². The van der Waals surface area contributed by atoms with Crippen molar-refractivity contribution in [3.8, 4) is 22.1 Å². The van der Waals surface area contributed by atoms with Crippen LogP contribution in [0.3, 0.4) is 0 Å². The first-order valence-electron chi connectivity index (χ1n) is 10.1. The number of rotatable bonds is 8. The van der Waals surface area contributed by atoms with Crippen LogP contribution >= 0.6 is 11.3 Å². The van der Waals surface area contributed by atoms with Gasteiger partial charge in [0.15, 0.2) is 11.6 Å². The van der Waals surface area contributed by atoms with Crippen LogP contribution < -0.4 is 10.5 Å². The molecular weight excluding hydrogens is 466 g/mol. The Kier molecular flexibility index (Phi) is 6.85. The van der Waals surface area contributed by atoms with Crippen LogP contribution in [0.25, 0.3) is 20.8 Å². The highest BCUT2D eigenvalue weighted by atomic mass is 32.1. The molecule has 0 atom stereocenters. The summed E-state index contributed by atoms with van der Waals surface area (Å²) >= 11 is 1.33. The van der Waals surface area contributed by atoms with Crippen LogP contribution in [0.4, 0.5) is 19.3 Å². The number of fused-ring (bicyclic) bond motifs is 1. The summed E-state index contributed by atoms with van der Waals surface area (Å²) in [5.41, 5.74) is 7.08. The van der Waals surface area contributed by atoms with Gasteiger partial charge >= 0.3 is 6.09 Å².